The fraction of sp³-hybridized carbons (Fsp3) is 0.594. The molecule has 2 unspecified atom stereocenters. The van der Waals surface area contributed by atoms with Crippen LogP contribution in [0.5, 0.6) is 0 Å². The van der Waals surface area contributed by atoms with Crippen molar-refractivity contribution in [2.45, 2.75) is 74.6 Å². The van der Waals surface area contributed by atoms with Gasteiger partial charge in [0, 0.05) is 38.0 Å². The zero-order chi connectivity index (χ0) is 30.6. The van der Waals surface area contributed by atoms with Crippen LogP contribution in [0, 0.1) is 11.8 Å². The molecule has 1 spiro atoms. The fourth-order valence-corrected chi connectivity index (χ4v) is 9.57. The lowest BCUT2D eigenvalue weighted by molar-refractivity contribution is -0.145. The van der Waals surface area contributed by atoms with E-state index in [1.165, 1.54) is 0 Å². The number of amides is 3. The first kappa shape index (κ1) is 31.3. The highest BCUT2D eigenvalue weighted by molar-refractivity contribution is 8.02. The number of hydrogen-bond acceptors (Lipinski definition) is 7. The van der Waals surface area contributed by atoms with Crippen LogP contribution in [0.4, 0.5) is 0 Å². The average Bonchev–Trinajstić information content (AvgIpc) is 3.76. The van der Waals surface area contributed by atoms with E-state index in [9.17, 15) is 19.5 Å². The van der Waals surface area contributed by atoms with Gasteiger partial charge in [0.15, 0.2) is 0 Å². The minimum atomic E-state index is -0.676. The van der Waals surface area contributed by atoms with Gasteiger partial charge in [0.05, 0.1) is 22.1 Å². The second-order valence-corrected chi connectivity index (χ2v) is 13.5. The molecular weight excluding hydrogens is 564 g/mol. The normalized spacial score (nSPS) is 25.7. The number of thioether (sulfide) groups is 1. The SMILES string of the molecule is C=CCN(Cn1nnc2ccccc21)C(=O)C1N(CCCCCCO)C(=O)[C@@H]2[C@@H](C(=O)N(CC=C)CCC)[C@H]3CCC12S3. The molecule has 0 radical (unpaired) electrons. The first-order valence-corrected chi connectivity index (χ1v) is 16.5. The van der Waals surface area contributed by atoms with E-state index in [2.05, 4.69) is 23.5 Å². The highest BCUT2D eigenvalue weighted by Crippen LogP contribution is 2.66. The topological polar surface area (TPSA) is 112 Å². The zero-order valence-electron chi connectivity index (χ0n) is 25.1. The summed E-state index contributed by atoms with van der Waals surface area (Å²) in [4.78, 5) is 48.5. The summed E-state index contributed by atoms with van der Waals surface area (Å²) in [6.45, 7) is 11.9. The first-order valence-electron chi connectivity index (χ1n) is 15.6. The standard InChI is InChI=1S/C32H44N6O4S/c1-4-17-35(18-5-2)29(40)26-25-15-16-32(43-25)27(26)30(41)37(20-11-7-8-12-21-39)28(32)31(42)36(19-6-3)22-38-24-14-10-9-13-23(24)33-34-38/h4,6,9-10,13-14,25-28,39H,1,3,5,7-8,11-12,15-22H2,2H3/t25-,26+,27+,28?,32?/m1/s1. The van der Waals surface area contributed by atoms with Gasteiger partial charge in [0.25, 0.3) is 0 Å². The van der Waals surface area contributed by atoms with Crippen LogP contribution in [0.1, 0.15) is 51.9 Å². The molecule has 43 heavy (non-hydrogen) atoms. The number of aromatic nitrogens is 3. The highest BCUT2D eigenvalue weighted by atomic mass is 32.2. The number of unbranched alkanes of at least 4 members (excludes halogenated alkanes) is 3. The van der Waals surface area contributed by atoms with Gasteiger partial charge in [-0.25, -0.2) is 4.68 Å². The third-order valence-corrected chi connectivity index (χ3v) is 11.1. The summed E-state index contributed by atoms with van der Waals surface area (Å²) >= 11 is 1.70. The smallest absolute Gasteiger partial charge is 0.248 e. The lowest BCUT2D eigenvalue weighted by atomic mass is 9.70. The first-order chi connectivity index (χ1) is 20.9. The van der Waals surface area contributed by atoms with Crippen molar-refractivity contribution < 1.29 is 19.5 Å². The average molecular weight is 609 g/mol. The van der Waals surface area contributed by atoms with Crippen molar-refractivity contribution in [3.8, 4) is 0 Å². The maximum atomic E-state index is 14.7. The third kappa shape index (κ3) is 5.73. The molecule has 232 valence electrons. The van der Waals surface area contributed by atoms with Gasteiger partial charge in [-0.1, -0.05) is 49.3 Å². The molecule has 2 bridgehead atoms. The monoisotopic (exact) mass is 608 g/mol. The van der Waals surface area contributed by atoms with E-state index in [4.69, 9.17) is 0 Å². The number of para-hydroxylation sites is 1. The summed E-state index contributed by atoms with van der Waals surface area (Å²) in [5, 5.41) is 17.8. The van der Waals surface area contributed by atoms with Gasteiger partial charge < -0.3 is 19.8 Å². The van der Waals surface area contributed by atoms with Crippen molar-refractivity contribution >= 4 is 40.5 Å². The van der Waals surface area contributed by atoms with Crippen molar-refractivity contribution in [3.63, 3.8) is 0 Å². The number of benzene rings is 1. The Kier molecular flexibility index (Phi) is 9.91. The lowest BCUT2D eigenvalue weighted by Crippen LogP contribution is -2.55. The molecule has 1 N–H and O–H groups in total. The number of hydrogen-bond donors (Lipinski definition) is 1. The van der Waals surface area contributed by atoms with Crippen molar-refractivity contribution in [1.29, 1.82) is 0 Å². The van der Waals surface area contributed by atoms with Gasteiger partial charge >= 0.3 is 0 Å². The number of fused-ring (bicyclic) bond motifs is 2. The predicted molar refractivity (Wildman–Crippen MR) is 168 cm³/mol. The zero-order valence-corrected chi connectivity index (χ0v) is 26.0. The summed E-state index contributed by atoms with van der Waals surface area (Å²) in [5.41, 5.74) is 1.57. The van der Waals surface area contributed by atoms with E-state index in [0.717, 1.165) is 49.6 Å². The maximum Gasteiger partial charge on any atom is 0.248 e. The summed E-state index contributed by atoms with van der Waals surface area (Å²) in [5.74, 6) is -1.18. The third-order valence-electron chi connectivity index (χ3n) is 9.17. The maximum absolute atomic E-state index is 14.7. The quantitative estimate of drug-likeness (QED) is 0.230. The molecule has 5 atom stereocenters. The number of nitrogens with zero attached hydrogens (tertiary/aromatic N) is 6. The Morgan fingerprint density at radius 3 is 2.60 bits per heavy atom. The summed E-state index contributed by atoms with van der Waals surface area (Å²) in [7, 11) is 0. The Bertz CT molecular complexity index is 1350. The molecule has 3 fully saturated rings. The van der Waals surface area contributed by atoms with Crippen LogP contribution in [0.25, 0.3) is 11.0 Å². The molecule has 3 aliphatic heterocycles. The van der Waals surface area contributed by atoms with Crippen molar-refractivity contribution in [1.82, 2.24) is 29.7 Å². The van der Waals surface area contributed by atoms with Gasteiger partial charge in [-0.05, 0) is 44.2 Å². The second-order valence-electron chi connectivity index (χ2n) is 11.9. The Balaban J connectivity index is 1.48. The van der Waals surface area contributed by atoms with Crippen molar-refractivity contribution in [3.05, 3.63) is 49.6 Å². The van der Waals surface area contributed by atoms with Gasteiger partial charge in [0.1, 0.15) is 18.2 Å². The molecule has 1 aromatic carbocycles. The molecule has 2 aromatic rings. The molecule has 3 aliphatic rings. The van der Waals surface area contributed by atoms with E-state index in [-0.39, 0.29) is 36.2 Å². The minimum absolute atomic E-state index is 0.00667. The Labute approximate surface area is 258 Å². The fourth-order valence-electron chi connectivity index (χ4n) is 7.36. The number of aliphatic hydroxyl groups is 1. The van der Waals surface area contributed by atoms with Crippen LogP contribution >= 0.6 is 11.8 Å². The number of carbonyl (C=O) groups is 3. The van der Waals surface area contributed by atoms with Gasteiger partial charge in [-0.15, -0.1) is 30.0 Å². The molecule has 3 amide bonds. The van der Waals surface area contributed by atoms with E-state index < -0.39 is 22.6 Å². The van der Waals surface area contributed by atoms with Crippen LogP contribution in [0.2, 0.25) is 0 Å². The largest absolute Gasteiger partial charge is 0.396 e. The molecule has 1 aromatic heterocycles. The van der Waals surface area contributed by atoms with Gasteiger partial charge in [-0.3, -0.25) is 14.4 Å². The van der Waals surface area contributed by atoms with E-state index >= 15 is 0 Å². The van der Waals surface area contributed by atoms with Crippen LogP contribution in [-0.2, 0) is 21.1 Å². The van der Waals surface area contributed by atoms with Crippen LogP contribution < -0.4 is 0 Å². The van der Waals surface area contributed by atoms with Gasteiger partial charge in [0.2, 0.25) is 17.7 Å². The van der Waals surface area contributed by atoms with Crippen molar-refractivity contribution in [2.24, 2.45) is 11.8 Å². The predicted octanol–water partition coefficient (Wildman–Crippen LogP) is 3.47. The molecule has 4 heterocycles. The Hall–Kier alpha value is -3.18. The summed E-state index contributed by atoms with van der Waals surface area (Å²) in [6, 6.07) is 6.95. The summed E-state index contributed by atoms with van der Waals surface area (Å²) < 4.78 is 1.06. The molecule has 0 aliphatic carbocycles. The number of rotatable bonds is 16. The number of aliphatic hydroxyl groups excluding tert-OH is 1. The Morgan fingerprint density at radius 2 is 1.86 bits per heavy atom. The van der Waals surface area contributed by atoms with E-state index in [1.807, 2.05) is 36.1 Å². The molecule has 11 heteroatoms. The van der Waals surface area contributed by atoms with Crippen LogP contribution in [-0.4, -0.2) is 101 Å². The molecular formula is C32H44N6O4S. The highest BCUT2D eigenvalue weighted by Gasteiger charge is 2.74. The van der Waals surface area contributed by atoms with Gasteiger partial charge in [-0.2, -0.15) is 0 Å². The molecule has 0 saturated carbocycles. The Morgan fingerprint density at radius 1 is 1.12 bits per heavy atom. The van der Waals surface area contributed by atoms with E-state index in [1.54, 1.807) is 38.4 Å². The molecule has 5 rings (SSSR count). The van der Waals surface area contributed by atoms with Crippen LogP contribution in [0.3, 0.4) is 0 Å². The summed E-state index contributed by atoms with van der Waals surface area (Å²) in [6.07, 6.45) is 8.96. The minimum Gasteiger partial charge on any atom is -0.396 e. The molecule has 3 saturated heterocycles. The lowest BCUT2D eigenvalue weighted by Gasteiger charge is -2.37. The van der Waals surface area contributed by atoms with Crippen LogP contribution in [0.15, 0.2) is 49.6 Å². The van der Waals surface area contributed by atoms with Crippen molar-refractivity contribution in [2.75, 3.05) is 32.8 Å². The second kappa shape index (κ2) is 13.6. The number of carbonyl (C=O) groups excluding carboxylic acids is 3. The molecule has 10 nitrogen and oxygen atoms in total. The number of likely N-dealkylation sites (tertiary alicyclic amines) is 1. The van der Waals surface area contributed by atoms with E-state index in [0.29, 0.717) is 32.6 Å².